The third kappa shape index (κ3) is 6.45. The first-order valence-corrected chi connectivity index (χ1v) is 13.2. The molecule has 1 aromatic heterocycles. The van der Waals surface area contributed by atoms with Crippen LogP contribution in [0.5, 0.6) is 0 Å². The maximum Gasteiger partial charge on any atom is 0.315 e. The van der Waals surface area contributed by atoms with E-state index in [-0.39, 0.29) is 36.0 Å². The maximum absolute atomic E-state index is 13.9. The van der Waals surface area contributed by atoms with E-state index >= 15 is 0 Å². The molecule has 2 aliphatic carbocycles. The number of hydrogen-bond acceptors (Lipinski definition) is 4. The first-order valence-electron chi connectivity index (χ1n) is 13.2. The predicted octanol–water partition coefficient (Wildman–Crippen LogP) is 6.69. The van der Waals surface area contributed by atoms with Crippen LogP contribution in [-0.4, -0.2) is 22.9 Å². The van der Waals surface area contributed by atoms with Gasteiger partial charge in [-0.1, -0.05) is 35.9 Å². The number of carbonyl (C=O) groups excluding carboxylic acids is 1. The van der Waals surface area contributed by atoms with Gasteiger partial charge in [0.2, 0.25) is 0 Å². The average molecular weight is 528 g/mol. The molecule has 2 amide bonds. The number of benzene rings is 2. The lowest BCUT2D eigenvalue weighted by atomic mass is 9.76. The molecule has 3 N–H and O–H groups in total. The average Bonchev–Trinajstić information content (AvgIpc) is 3.34. The van der Waals surface area contributed by atoms with Crippen molar-refractivity contribution in [3.8, 4) is 0 Å². The molecule has 39 heavy (non-hydrogen) atoms. The Balaban J connectivity index is 1.30. The Kier molecular flexibility index (Phi) is 8.20. The van der Waals surface area contributed by atoms with E-state index in [0.717, 1.165) is 37.0 Å². The van der Waals surface area contributed by atoms with Crippen molar-refractivity contribution in [2.75, 3.05) is 0 Å². The quantitative estimate of drug-likeness (QED) is 0.285. The SMILES string of the molecule is N=CC1CC2C(=CC1=Nc1ccc(F)cc1)CCC2CC(NC(=O)NCc1ncccc1F)c1ccccc1. The molecule has 1 saturated carbocycles. The molecule has 1 heterocycles. The van der Waals surface area contributed by atoms with Gasteiger partial charge in [-0.15, -0.1) is 0 Å². The van der Waals surface area contributed by atoms with Crippen LogP contribution < -0.4 is 10.6 Å². The van der Waals surface area contributed by atoms with Crippen molar-refractivity contribution in [1.29, 1.82) is 5.41 Å². The van der Waals surface area contributed by atoms with Crippen LogP contribution in [0.25, 0.3) is 0 Å². The molecular formula is C31H31F2N5O. The lowest BCUT2D eigenvalue weighted by Crippen LogP contribution is -2.39. The molecule has 0 saturated heterocycles. The molecule has 4 unspecified atom stereocenters. The van der Waals surface area contributed by atoms with E-state index in [1.54, 1.807) is 12.1 Å². The molecule has 3 aromatic rings. The molecular weight excluding hydrogens is 496 g/mol. The second-order valence-corrected chi connectivity index (χ2v) is 10.1. The van der Waals surface area contributed by atoms with Crippen molar-refractivity contribution >= 4 is 23.6 Å². The summed E-state index contributed by atoms with van der Waals surface area (Å²) in [4.78, 5) is 21.6. The zero-order chi connectivity index (χ0) is 27.2. The van der Waals surface area contributed by atoms with Gasteiger partial charge in [0, 0.05) is 24.0 Å². The second kappa shape index (κ2) is 12.1. The molecule has 0 radical (unpaired) electrons. The third-order valence-electron chi connectivity index (χ3n) is 7.65. The predicted molar refractivity (Wildman–Crippen MR) is 148 cm³/mol. The Morgan fingerprint density at radius 3 is 2.64 bits per heavy atom. The van der Waals surface area contributed by atoms with Gasteiger partial charge in [0.25, 0.3) is 0 Å². The highest BCUT2D eigenvalue weighted by atomic mass is 19.1. The summed E-state index contributed by atoms with van der Waals surface area (Å²) in [6, 6.07) is 18.2. The first-order chi connectivity index (χ1) is 19.0. The third-order valence-corrected chi connectivity index (χ3v) is 7.65. The standard InChI is InChI=1S/C31H31F2N5O/c32-24-10-12-25(13-11-24)37-29-17-22-9-8-21(26(22)15-23(29)18-34)16-28(20-5-2-1-3-6-20)38-31(39)36-19-30-27(33)7-4-14-35-30/h1-7,10-14,17-18,21,23,26,28,34H,8-9,15-16,19H2,(H2,36,38,39). The lowest BCUT2D eigenvalue weighted by molar-refractivity contribution is 0.231. The molecule has 1 fully saturated rings. The highest BCUT2D eigenvalue weighted by Crippen LogP contribution is 2.47. The van der Waals surface area contributed by atoms with Gasteiger partial charge >= 0.3 is 6.03 Å². The molecule has 0 spiro atoms. The van der Waals surface area contributed by atoms with Crippen molar-refractivity contribution in [2.45, 2.75) is 38.3 Å². The number of halogens is 2. The summed E-state index contributed by atoms with van der Waals surface area (Å²) in [5.41, 5.74) is 4.02. The molecule has 200 valence electrons. The molecule has 8 heteroatoms. The van der Waals surface area contributed by atoms with Crippen LogP contribution in [0.2, 0.25) is 0 Å². The minimum Gasteiger partial charge on any atom is -0.332 e. The highest BCUT2D eigenvalue weighted by Gasteiger charge is 2.38. The van der Waals surface area contributed by atoms with Crippen LogP contribution in [-0.2, 0) is 6.54 Å². The van der Waals surface area contributed by atoms with E-state index in [1.165, 1.54) is 42.3 Å². The molecule has 5 rings (SSSR count). The fraction of sp³-hybridized carbons (Fsp3) is 0.290. The summed E-state index contributed by atoms with van der Waals surface area (Å²) in [6.07, 6.45) is 8.51. The molecule has 0 aliphatic heterocycles. The Morgan fingerprint density at radius 1 is 1.10 bits per heavy atom. The number of hydrogen-bond donors (Lipinski definition) is 3. The highest BCUT2D eigenvalue weighted by molar-refractivity contribution is 6.07. The van der Waals surface area contributed by atoms with Crippen molar-refractivity contribution in [3.05, 3.63) is 107 Å². The number of fused-ring (bicyclic) bond motifs is 1. The minimum absolute atomic E-state index is 0.00383. The summed E-state index contributed by atoms with van der Waals surface area (Å²) >= 11 is 0. The number of aliphatic imine (C=N–C) groups is 1. The van der Waals surface area contributed by atoms with E-state index in [0.29, 0.717) is 17.5 Å². The van der Waals surface area contributed by atoms with Gasteiger partial charge in [-0.05, 0) is 85.6 Å². The molecule has 4 atom stereocenters. The Morgan fingerprint density at radius 2 is 1.90 bits per heavy atom. The minimum atomic E-state index is -0.455. The van der Waals surface area contributed by atoms with E-state index < -0.39 is 5.82 Å². The van der Waals surface area contributed by atoms with Crippen molar-refractivity contribution in [2.24, 2.45) is 22.7 Å². The second-order valence-electron chi connectivity index (χ2n) is 10.1. The molecule has 2 aliphatic rings. The monoisotopic (exact) mass is 527 g/mol. The molecule has 6 nitrogen and oxygen atoms in total. The Bertz CT molecular complexity index is 1370. The van der Waals surface area contributed by atoms with Crippen LogP contribution >= 0.6 is 0 Å². The fourth-order valence-corrected chi connectivity index (χ4v) is 5.66. The largest absolute Gasteiger partial charge is 0.332 e. The number of pyridine rings is 1. The number of allylic oxidation sites excluding steroid dienone is 2. The van der Waals surface area contributed by atoms with Gasteiger partial charge in [0.1, 0.15) is 11.6 Å². The van der Waals surface area contributed by atoms with Gasteiger partial charge in [0.15, 0.2) is 0 Å². The van der Waals surface area contributed by atoms with Crippen LogP contribution in [0, 0.1) is 34.8 Å². The topological polar surface area (TPSA) is 90.2 Å². The van der Waals surface area contributed by atoms with Crippen molar-refractivity contribution in [3.63, 3.8) is 0 Å². The molecule has 0 bridgehead atoms. The Hall–Kier alpha value is -4.20. The number of nitrogens with one attached hydrogen (secondary N) is 3. The van der Waals surface area contributed by atoms with E-state index in [1.807, 2.05) is 30.3 Å². The smallest absolute Gasteiger partial charge is 0.315 e. The van der Waals surface area contributed by atoms with Gasteiger partial charge in [-0.25, -0.2) is 13.6 Å². The first kappa shape index (κ1) is 26.4. The summed E-state index contributed by atoms with van der Waals surface area (Å²) in [7, 11) is 0. The van der Waals surface area contributed by atoms with Gasteiger partial charge < -0.3 is 16.0 Å². The van der Waals surface area contributed by atoms with E-state index in [2.05, 4.69) is 21.7 Å². The van der Waals surface area contributed by atoms with E-state index in [4.69, 9.17) is 10.4 Å². The van der Waals surface area contributed by atoms with Crippen LogP contribution in [0.15, 0.2) is 89.6 Å². The summed E-state index contributed by atoms with van der Waals surface area (Å²) in [5.74, 6) is -0.262. The number of urea groups is 1. The normalized spacial score (nSPS) is 22.1. The summed E-state index contributed by atoms with van der Waals surface area (Å²) in [5, 5.41) is 13.9. The maximum atomic E-state index is 13.9. The van der Waals surface area contributed by atoms with Crippen molar-refractivity contribution < 1.29 is 13.6 Å². The summed E-state index contributed by atoms with van der Waals surface area (Å²) < 4.78 is 27.3. The van der Waals surface area contributed by atoms with Crippen molar-refractivity contribution in [1.82, 2.24) is 15.6 Å². The number of amides is 2. The van der Waals surface area contributed by atoms with Gasteiger partial charge in [0.05, 0.1) is 24.0 Å². The number of carbonyl (C=O) groups is 1. The zero-order valence-corrected chi connectivity index (χ0v) is 21.5. The van der Waals surface area contributed by atoms with E-state index in [9.17, 15) is 13.6 Å². The van der Waals surface area contributed by atoms with Crippen LogP contribution in [0.1, 0.15) is 43.0 Å². The lowest BCUT2D eigenvalue weighted by Gasteiger charge is -2.31. The Labute approximate surface area is 226 Å². The van der Waals surface area contributed by atoms with Crippen LogP contribution in [0.4, 0.5) is 19.3 Å². The van der Waals surface area contributed by atoms with Gasteiger partial charge in [-0.2, -0.15) is 0 Å². The fourth-order valence-electron chi connectivity index (χ4n) is 5.66. The number of aromatic nitrogens is 1. The molecule has 2 aromatic carbocycles. The number of rotatable bonds is 8. The summed E-state index contributed by atoms with van der Waals surface area (Å²) in [6.45, 7) is -0.00383. The van der Waals surface area contributed by atoms with Crippen LogP contribution in [0.3, 0.4) is 0 Å². The zero-order valence-electron chi connectivity index (χ0n) is 21.5. The van der Waals surface area contributed by atoms with Gasteiger partial charge in [-0.3, -0.25) is 9.98 Å². The number of nitrogens with zero attached hydrogens (tertiary/aromatic N) is 2.